The first kappa shape index (κ1) is 14.5. The van der Waals surface area contributed by atoms with Crippen LogP contribution in [-0.2, 0) is 0 Å². The van der Waals surface area contributed by atoms with Gasteiger partial charge in [-0.3, -0.25) is 0 Å². The van der Waals surface area contributed by atoms with Gasteiger partial charge in [0.05, 0.1) is 15.7 Å². The van der Waals surface area contributed by atoms with Crippen molar-refractivity contribution in [1.29, 1.82) is 0 Å². The number of hydrogen-bond acceptors (Lipinski definition) is 2. The molecule has 1 aromatic carbocycles. The molecule has 0 atom stereocenters. The summed E-state index contributed by atoms with van der Waals surface area (Å²) in [6, 6.07) is 2.83. The number of halogens is 5. The summed E-state index contributed by atoms with van der Waals surface area (Å²) in [5.74, 6) is -0.109. The zero-order valence-electron chi connectivity index (χ0n) is 9.37. The molecule has 0 fully saturated rings. The molecule has 0 saturated heterocycles. The van der Waals surface area contributed by atoms with Crippen LogP contribution in [0, 0.1) is 6.92 Å². The van der Waals surface area contributed by atoms with E-state index in [4.69, 9.17) is 23.2 Å². The van der Waals surface area contributed by atoms with Crippen LogP contribution < -0.4 is 5.69 Å². The van der Waals surface area contributed by atoms with E-state index in [-0.39, 0.29) is 21.1 Å². The minimum Gasteiger partial charge on any atom is -0.245 e. The molecule has 2 aromatic rings. The molecule has 4 nitrogen and oxygen atoms in total. The molecule has 0 bridgehead atoms. The van der Waals surface area contributed by atoms with Crippen molar-refractivity contribution in [2.24, 2.45) is 0 Å². The Labute approximate surface area is 124 Å². The molecule has 0 amide bonds. The fraction of sp³-hybridized carbons (Fsp3) is 0.200. The average molecular weight is 373 g/mol. The maximum absolute atomic E-state index is 12.7. The molecular formula is C10H6BrCl2F2N3O. The maximum Gasteiger partial charge on any atom is 0.355 e. The molecule has 19 heavy (non-hydrogen) atoms. The Morgan fingerprint density at radius 3 is 2.47 bits per heavy atom. The van der Waals surface area contributed by atoms with Crippen molar-refractivity contribution in [1.82, 2.24) is 14.3 Å². The van der Waals surface area contributed by atoms with Crippen molar-refractivity contribution in [3.8, 4) is 5.69 Å². The molecule has 0 spiro atoms. The average Bonchev–Trinajstić information content (AvgIpc) is 2.59. The lowest BCUT2D eigenvalue weighted by Gasteiger charge is -2.05. The number of rotatable bonds is 2. The Hall–Kier alpha value is -0.920. The normalized spacial score (nSPS) is 11.3. The van der Waals surface area contributed by atoms with Gasteiger partial charge >= 0.3 is 12.2 Å². The van der Waals surface area contributed by atoms with E-state index < -0.39 is 12.2 Å². The third-order valence-electron chi connectivity index (χ3n) is 2.39. The molecular weight excluding hydrogens is 367 g/mol. The smallest absolute Gasteiger partial charge is 0.245 e. The highest BCUT2D eigenvalue weighted by atomic mass is 79.9. The monoisotopic (exact) mass is 371 g/mol. The van der Waals surface area contributed by atoms with E-state index in [1.807, 2.05) is 0 Å². The van der Waals surface area contributed by atoms with E-state index in [0.717, 1.165) is 4.68 Å². The van der Waals surface area contributed by atoms with Crippen LogP contribution in [0.5, 0.6) is 0 Å². The van der Waals surface area contributed by atoms with Crippen molar-refractivity contribution in [3.05, 3.63) is 43.0 Å². The van der Waals surface area contributed by atoms with E-state index in [1.54, 1.807) is 0 Å². The predicted octanol–water partition coefficient (Wildman–Crippen LogP) is 3.81. The van der Waals surface area contributed by atoms with Crippen LogP contribution in [0.15, 0.2) is 21.4 Å². The van der Waals surface area contributed by atoms with E-state index in [2.05, 4.69) is 21.0 Å². The highest BCUT2D eigenvalue weighted by Crippen LogP contribution is 2.30. The van der Waals surface area contributed by atoms with Gasteiger partial charge in [0.2, 0.25) is 0 Å². The van der Waals surface area contributed by atoms with Crippen LogP contribution >= 0.6 is 39.1 Å². The van der Waals surface area contributed by atoms with Gasteiger partial charge in [-0.1, -0.05) is 23.2 Å². The first-order valence-electron chi connectivity index (χ1n) is 4.94. The molecule has 0 aliphatic carbocycles. The van der Waals surface area contributed by atoms with Crippen LogP contribution in [0.25, 0.3) is 5.69 Å². The van der Waals surface area contributed by atoms with Crippen molar-refractivity contribution in [3.63, 3.8) is 0 Å². The van der Waals surface area contributed by atoms with Gasteiger partial charge in [-0.05, 0) is 35.0 Å². The summed E-state index contributed by atoms with van der Waals surface area (Å²) in [5, 5.41) is 4.25. The fourth-order valence-electron chi connectivity index (χ4n) is 1.53. The maximum atomic E-state index is 12.7. The quantitative estimate of drug-likeness (QED) is 0.752. The summed E-state index contributed by atoms with van der Waals surface area (Å²) in [7, 11) is 0. The van der Waals surface area contributed by atoms with Crippen LogP contribution in [0.3, 0.4) is 0 Å². The molecule has 9 heteroatoms. The number of nitrogens with zero attached hydrogens (tertiary/aromatic N) is 3. The van der Waals surface area contributed by atoms with E-state index in [9.17, 15) is 13.6 Å². The second kappa shape index (κ2) is 5.22. The highest BCUT2D eigenvalue weighted by molar-refractivity contribution is 9.10. The number of aromatic nitrogens is 3. The van der Waals surface area contributed by atoms with E-state index in [1.165, 1.54) is 19.1 Å². The lowest BCUT2D eigenvalue weighted by molar-refractivity contribution is 0.0640. The SMILES string of the molecule is Cc1nn(-c2cc(Br)c(Cl)cc2Cl)c(=O)n1C(F)F. The minimum atomic E-state index is -2.96. The topological polar surface area (TPSA) is 39.8 Å². The predicted molar refractivity (Wildman–Crippen MR) is 71.5 cm³/mol. The molecule has 0 aliphatic rings. The number of hydrogen-bond donors (Lipinski definition) is 0. The van der Waals surface area contributed by atoms with Gasteiger partial charge in [0, 0.05) is 4.47 Å². The van der Waals surface area contributed by atoms with Gasteiger partial charge in [-0.15, -0.1) is 5.10 Å². The third kappa shape index (κ3) is 2.54. The second-order valence-corrected chi connectivity index (χ2v) is 5.28. The summed E-state index contributed by atoms with van der Waals surface area (Å²) in [5.41, 5.74) is -0.797. The Balaban J connectivity index is 2.70. The summed E-state index contributed by atoms with van der Waals surface area (Å²) in [6.07, 6.45) is 0. The third-order valence-corrected chi connectivity index (χ3v) is 3.89. The van der Waals surface area contributed by atoms with Gasteiger partial charge in [0.15, 0.2) is 0 Å². The summed E-state index contributed by atoms with van der Waals surface area (Å²) >= 11 is 15.0. The van der Waals surface area contributed by atoms with Crippen LogP contribution in [0.4, 0.5) is 8.78 Å². The van der Waals surface area contributed by atoms with E-state index >= 15 is 0 Å². The Bertz CT molecular complexity index is 699. The van der Waals surface area contributed by atoms with Crippen molar-refractivity contribution in [2.45, 2.75) is 13.5 Å². The summed E-state index contributed by atoms with van der Waals surface area (Å²) < 4.78 is 27.0. The Morgan fingerprint density at radius 2 is 1.95 bits per heavy atom. The van der Waals surface area contributed by atoms with Crippen molar-refractivity contribution in [2.75, 3.05) is 0 Å². The minimum absolute atomic E-state index is 0.109. The molecule has 2 rings (SSSR count). The summed E-state index contributed by atoms with van der Waals surface area (Å²) in [4.78, 5) is 11.9. The zero-order chi connectivity index (χ0) is 14.3. The highest BCUT2D eigenvalue weighted by Gasteiger charge is 2.20. The summed E-state index contributed by atoms with van der Waals surface area (Å²) in [6.45, 7) is -1.65. The molecule has 0 N–H and O–H groups in total. The zero-order valence-corrected chi connectivity index (χ0v) is 12.5. The van der Waals surface area contributed by atoms with Gasteiger partial charge in [-0.2, -0.15) is 13.5 Å². The van der Waals surface area contributed by atoms with E-state index in [0.29, 0.717) is 9.50 Å². The van der Waals surface area contributed by atoms with Gasteiger partial charge in [0.25, 0.3) is 0 Å². The largest absolute Gasteiger partial charge is 0.355 e. The number of benzene rings is 1. The Morgan fingerprint density at radius 1 is 1.32 bits per heavy atom. The molecule has 0 saturated carbocycles. The van der Waals surface area contributed by atoms with Crippen LogP contribution in [0.2, 0.25) is 10.0 Å². The fourth-order valence-corrected chi connectivity index (χ4v) is 2.33. The first-order chi connectivity index (χ1) is 8.82. The molecule has 1 heterocycles. The molecule has 102 valence electrons. The lowest BCUT2D eigenvalue weighted by Crippen LogP contribution is -2.24. The molecule has 0 aliphatic heterocycles. The molecule has 0 radical (unpaired) electrons. The van der Waals surface area contributed by atoms with Crippen LogP contribution in [0.1, 0.15) is 12.4 Å². The van der Waals surface area contributed by atoms with Gasteiger partial charge in [0.1, 0.15) is 5.82 Å². The number of alkyl halides is 2. The lowest BCUT2D eigenvalue weighted by atomic mass is 10.3. The molecule has 0 unspecified atom stereocenters. The first-order valence-corrected chi connectivity index (χ1v) is 6.49. The standard InChI is InChI=1S/C10H6BrCl2F2N3O/c1-4-16-18(10(19)17(4)9(14)15)8-2-5(11)6(12)3-7(8)13/h2-3,9H,1H3. The van der Waals surface area contributed by atoms with Gasteiger partial charge in [-0.25, -0.2) is 9.36 Å². The molecule has 1 aromatic heterocycles. The van der Waals surface area contributed by atoms with Crippen molar-refractivity contribution >= 4 is 39.1 Å². The number of aryl methyl sites for hydroxylation is 1. The second-order valence-electron chi connectivity index (χ2n) is 3.61. The Kier molecular flexibility index (Phi) is 3.98. The van der Waals surface area contributed by atoms with Crippen molar-refractivity contribution < 1.29 is 8.78 Å². The van der Waals surface area contributed by atoms with Gasteiger partial charge < -0.3 is 0 Å². The van der Waals surface area contributed by atoms with Crippen LogP contribution in [-0.4, -0.2) is 14.3 Å².